The molecule has 0 aliphatic heterocycles. The maximum absolute atomic E-state index is 4.58. The van der Waals surface area contributed by atoms with Gasteiger partial charge in [0.1, 0.15) is 5.65 Å². The minimum absolute atomic E-state index is 0.256. The van der Waals surface area contributed by atoms with E-state index in [9.17, 15) is 0 Å². The SMILES string of the molecule is Cc1ccc(-c2c[nH]c3ncc(/C=C/C(C)NCc4ccncc4)cc23)cc1. The second-order valence-corrected chi connectivity index (χ2v) is 7.12. The molecule has 0 bridgehead atoms. The van der Waals surface area contributed by atoms with Crippen LogP contribution in [-0.4, -0.2) is 21.0 Å². The van der Waals surface area contributed by atoms with E-state index in [0.29, 0.717) is 0 Å². The first kappa shape index (κ1) is 18.1. The van der Waals surface area contributed by atoms with Crippen LogP contribution in [0.25, 0.3) is 28.2 Å². The van der Waals surface area contributed by atoms with Gasteiger partial charge in [-0.25, -0.2) is 4.98 Å². The van der Waals surface area contributed by atoms with E-state index in [1.807, 2.05) is 36.9 Å². The number of fused-ring (bicyclic) bond motifs is 1. The van der Waals surface area contributed by atoms with E-state index in [4.69, 9.17) is 0 Å². The van der Waals surface area contributed by atoms with Crippen molar-refractivity contribution in [3.63, 3.8) is 0 Å². The highest BCUT2D eigenvalue weighted by atomic mass is 14.9. The van der Waals surface area contributed by atoms with Gasteiger partial charge in [-0.15, -0.1) is 0 Å². The molecule has 4 nitrogen and oxygen atoms in total. The van der Waals surface area contributed by atoms with Gasteiger partial charge >= 0.3 is 0 Å². The van der Waals surface area contributed by atoms with Crippen LogP contribution < -0.4 is 5.32 Å². The van der Waals surface area contributed by atoms with Gasteiger partial charge in [0.15, 0.2) is 0 Å². The molecule has 1 atom stereocenters. The van der Waals surface area contributed by atoms with E-state index in [0.717, 1.165) is 23.1 Å². The van der Waals surface area contributed by atoms with Crippen LogP contribution in [0, 0.1) is 6.92 Å². The first-order valence-electron chi connectivity index (χ1n) is 9.54. The molecule has 4 aromatic rings. The van der Waals surface area contributed by atoms with E-state index in [1.165, 1.54) is 22.3 Å². The van der Waals surface area contributed by atoms with Crippen LogP contribution in [0.3, 0.4) is 0 Å². The van der Waals surface area contributed by atoms with Crippen molar-refractivity contribution in [2.45, 2.75) is 26.4 Å². The molecule has 0 saturated heterocycles. The number of aromatic nitrogens is 3. The van der Waals surface area contributed by atoms with Crippen LogP contribution in [0.5, 0.6) is 0 Å². The number of rotatable bonds is 6. The zero-order chi connectivity index (χ0) is 19.3. The highest BCUT2D eigenvalue weighted by molar-refractivity contribution is 5.94. The lowest BCUT2D eigenvalue weighted by Gasteiger charge is -2.09. The van der Waals surface area contributed by atoms with E-state index in [-0.39, 0.29) is 6.04 Å². The Kier molecular flexibility index (Phi) is 5.31. The number of aromatic amines is 1. The van der Waals surface area contributed by atoms with Gasteiger partial charge in [0.2, 0.25) is 0 Å². The summed E-state index contributed by atoms with van der Waals surface area (Å²) >= 11 is 0. The fraction of sp³-hybridized carbons (Fsp3) is 0.167. The summed E-state index contributed by atoms with van der Waals surface area (Å²) < 4.78 is 0. The van der Waals surface area contributed by atoms with Gasteiger partial charge in [-0.2, -0.15) is 0 Å². The number of hydrogen-bond donors (Lipinski definition) is 2. The molecule has 0 radical (unpaired) electrons. The quantitative estimate of drug-likeness (QED) is 0.496. The van der Waals surface area contributed by atoms with Crippen molar-refractivity contribution in [1.82, 2.24) is 20.3 Å². The number of hydrogen-bond acceptors (Lipinski definition) is 3. The minimum atomic E-state index is 0.256. The number of nitrogens with zero attached hydrogens (tertiary/aromatic N) is 2. The molecular weight excluding hydrogens is 344 g/mol. The molecule has 1 aromatic carbocycles. The average molecular weight is 368 g/mol. The Bertz CT molecular complexity index is 1080. The zero-order valence-corrected chi connectivity index (χ0v) is 16.2. The van der Waals surface area contributed by atoms with Crippen LogP contribution in [-0.2, 0) is 6.54 Å². The molecule has 0 aliphatic rings. The topological polar surface area (TPSA) is 53.6 Å². The molecule has 0 spiro atoms. The molecule has 1 unspecified atom stereocenters. The third kappa shape index (κ3) is 4.18. The molecule has 0 fully saturated rings. The molecule has 0 aliphatic carbocycles. The Balaban J connectivity index is 1.50. The second-order valence-electron chi connectivity index (χ2n) is 7.12. The summed E-state index contributed by atoms with van der Waals surface area (Å²) in [4.78, 5) is 11.9. The van der Waals surface area contributed by atoms with Crippen molar-refractivity contribution in [2.24, 2.45) is 0 Å². The lowest BCUT2D eigenvalue weighted by atomic mass is 10.0. The predicted octanol–water partition coefficient (Wildman–Crippen LogP) is 5.12. The Morgan fingerprint density at radius 2 is 1.89 bits per heavy atom. The summed E-state index contributed by atoms with van der Waals surface area (Å²) in [6.07, 6.45) is 11.9. The number of pyridine rings is 2. The van der Waals surface area contributed by atoms with Gasteiger partial charge in [0.25, 0.3) is 0 Å². The minimum Gasteiger partial charge on any atom is -0.346 e. The van der Waals surface area contributed by atoms with Gasteiger partial charge in [-0.05, 0) is 48.7 Å². The van der Waals surface area contributed by atoms with Crippen molar-refractivity contribution in [1.29, 1.82) is 0 Å². The molecule has 140 valence electrons. The van der Waals surface area contributed by atoms with Crippen LogP contribution in [0.4, 0.5) is 0 Å². The number of aryl methyl sites for hydroxylation is 1. The molecule has 3 aromatic heterocycles. The lowest BCUT2D eigenvalue weighted by Crippen LogP contribution is -2.23. The number of nitrogens with one attached hydrogen (secondary N) is 2. The third-order valence-corrected chi connectivity index (χ3v) is 4.87. The monoisotopic (exact) mass is 368 g/mol. The highest BCUT2D eigenvalue weighted by Crippen LogP contribution is 2.28. The summed E-state index contributed by atoms with van der Waals surface area (Å²) in [5.41, 5.74) is 6.88. The second kappa shape index (κ2) is 8.19. The highest BCUT2D eigenvalue weighted by Gasteiger charge is 2.07. The first-order chi connectivity index (χ1) is 13.7. The van der Waals surface area contributed by atoms with Crippen LogP contribution in [0.2, 0.25) is 0 Å². The molecule has 28 heavy (non-hydrogen) atoms. The van der Waals surface area contributed by atoms with Gasteiger partial charge in [-0.3, -0.25) is 4.98 Å². The van der Waals surface area contributed by atoms with Gasteiger partial charge in [-0.1, -0.05) is 42.0 Å². The molecule has 4 rings (SSSR count). The Labute approximate surface area is 165 Å². The van der Waals surface area contributed by atoms with E-state index in [1.54, 1.807) is 0 Å². The smallest absolute Gasteiger partial charge is 0.137 e. The molecule has 2 N–H and O–H groups in total. The van der Waals surface area contributed by atoms with Gasteiger partial charge in [0.05, 0.1) is 0 Å². The Morgan fingerprint density at radius 3 is 2.68 bits per heavy atom. The van der Waals surface area contributed by atoms with Crippen LogP contribution in [0.15, 0.2) is 73.3 Å². The molecule has 3 heterocycles. The molecule has 0 saturated carbocycles. The average Bonchev–Trinajstić information content (AvgIpc) is 3.15. The fourth-order valence-corrected chi connectivity index (χ4v) is 3.19. The summed E-state index contributed by atoms with van der Waals surface area (Å²) in [6.45, 7) is 5.08. The zero-order valence-electron chi connectivity index (χ0n) is 16.2. The Hall–Kier alpha value is -3.24. The number of benzene rings is 1. The predicted molar refractivity (Wildman–Crippen MR) is 116 cm³/mol. The summed E-state index contributed by atoms with van der Waals surface area (Å²) in [7, 11) is 0. The van der Waals surface area contributed by atoms with Crippen molar-refractivity contribution in [2.75, 3.05) is 0 Å². The Morgan fingerprint density at radius 1 is 1.11 bits per heavy atom. The van der Waals surface area contributed by atoms with Gasteiger partial charge < -0.3 is 10.3 Å². The lowest BCUT2D eigenvalue weighted by molar-refractivity contribution is 0.634. The van der Waals surface area contributed by atoms with Gasteiger partial charge in [0, 0.05) is 48.3 Å². The molecule has 0 amide bonds. The summed E-state index contributed by atoms with van der Waals surface area (Å²) in [5.74, 6) is 0. The maximum Gasteiger partial charge on any atom is 0.137 e. The van der Waals surface area contributed by atoms with E-state index < -0.39 is 0 Å². The number of H-pyrrole nitrogens is 1. The summed E-state index contributed by atoms with van der Waals surface area (Å²) in [5, 5.41) is 4.64. The summed E-state index contributed by atoms with van der Waals surface area (Å²) in [6, 6.07) is 15.1. The largest absolute Gasteiger partial charge is 0.346 e. The molecule has 4 heteroatoms. The van der Waals surface area contributed by atoms with Crippen molar-refractivity contribution in [3.8, 4) is 11.1 Å². The first-order valence-corrected chi connectivity index (χ1v) is 9.54. The van der Waals surface area contributed by atoms with Crippen LogP contribution >= 0.6 is 0 Å². The van der Waals surface area contributed by atoms with Crippen LogP contribution in [0.1, 0.15) is 23.6 Å². The normalized spacial score (nSPS) is 12.6. The van der Waals surface area contributed by atoms with Crippen molar-refractivity contribution in [3.05, 3.63) is 90.0 Å². The maximum atomic E-state index is 4.58. The fourth-order valence-electron chi connectivity index (χ4n) is 3.19. The van der Waals surface area contributed by atoms with Crippen molar-refractivity contribution >= 4 is 17.1 Å². The van der Waals surface area contributed by atoms with Crippen molar-refractivity contribution < 1.29 is 0 Å². The third-order valence-electron chi connectivity index (χ3n) is 4.87. The molecular formula is C24H24N4. The van der Waals surface area contributed by atoms with E-state index >= 15 is 0 Å². The van der Waals surface area contributed by atoms with E-state index in [2.05, 4.69) is 76.6 Å². The standard InChI is InChI=1S/C24H24N4/c1-17-3-7-21(8-4-17)23-16-28-24-22(23)13-20(15-27-24)6-5-18(2)26-14-19-9-11-25-12-10-19/h3-13,15-16,18,26H,14H2,1-2H3,(H,27,28)/b6-5+.